The molecule has 0 aliphatic carbocycles. The number of fused-ring (bicyclic) bond motifs is 1. The zero-order valence-corrected chi connectivity index (χ0v) is 12.1. The van der Waals surface area contributed by atoms with E-state index in [1.807, 2.05) is 0 Å². The monoisotopic (exact) mass is 267 g/mol. The Morgan fingerprint density at radius 2 is 1.58 bits per heavy atom. The lowest BCUT2D eigenvalue weighted by Crippen LogP contribution is -2.47. The number of rotatable bonds is 5. The summed E-state index contributed by atoms with van der Waals surface area (Å²) in [6.07, 6.45) is 8.16. The van der Waals surface area contributed by atoms with Crippen LogP contribution in [0.5, 0.6) is 0 Å². The van der Waals surface area contributed by atoms with Crippen LogP contribution in [0, 0.1) is 0 Å². The molecule has 0 aromatic rings. The van der Waals surface area contributed by atoms with Gasteiger partial charge < -0.3 is 10.5 Å². The second-order valence-corrected chi connectivity index (χ2v) is 6.35. The highest BCUT2D eigenvalue weighted by Crippen LogP contribution is 2.32. The topological polar surface area (TPSA) is 41.7 Å². The molecule has 4 heteroatoms. The highest BCUT2D eigenvalue weighted by Gasteiger charge is 2.40. The number of likely N-dealkylation sites (tertiary alicyclic amines) is 1. The third kappa shape index (κ3) is 3.13. The van der Waals surface area contributed by atoms with Crippen molar-refractivity contribution < 1.29 is 4.74 Å². The van der Waals surface area contributed by atoms with Gasteiger partial charge in [-0.25, -0.2) is 0 Å². The van der Waals surface area contributed by atoms with Gasteiger partial charge in [0.25, 0.3) is 0 Å². The fourth-order valence-corrected chi connectivity index (χ4v) is 4.19. The minimum Gasteiger partial charge on any atom is -0.378 e. The minimum absolute atomic E-state index is 0.490. The molecule has 3 heterocycles. The van der Waals surface area contributed by atoms with E-state index in [2.05, 4.69) is 9.80 Å². The lowest BCUT2D eigenvalue weighted by Gasteiger charge is -2.38. The van der Waals surface area contributed by atoms with Gasteiger partial charge in [0.05, 0.1) is 6.10 Å². The minimum atomic E-state index is 0.490. The first-order valence-corrected chi connectivity index (χ1v) is 8.18. The Morgan fingerprint density at radius 1 is 0.895 bits per heavy atom. The van der Waals surface area contributed by atoms with Gasteiger partial charge in [0.1, 0.15) is 0 Å². The molecule has 0 spiro atoms. The summed E-state index contributed by atoms with van der Waals surface area (Å²) in [5.41, 5.74) is 5.51. The predicted molar refractivity (Wildman–Crippen MR) is 77.2 cm³/mol. The quantitative estimate of drug-likeness (QED) is 0.756. The van der Waals surface area contributed by atoms with E-state index in [1.54, 1.807) is 0 Å². The highest BCUT2D eigenvalue weighted by molar-refractivity contribution is 4.97. The van der Waals surface area contributed by atoms with E-state index in [4.69, 9.17) is 10.5 Å². The van der Waals surface area contributed by atoms with Crippen molar-refractivity contribution in [1.29, 1.82) is 0 Å². The van der Waals surface area contributed by atoms with Gasteiger partial charge in [-0.05, 0) is 51.6 Å². The number of ether oxygens (including phenoxy) is 1. The van der Waals surface area contributed by atoms with Crippen molar-refractivity contribution in [3.63, 3.8) is 0 Å². The van der Waals surface area contributed by atoms with Crippen molar-refractivity contribution >= 4 is 0 Å². The molecular weight excluding hydrogens is 238 g/mol. The van der Waals surface area contributed by atoms with Crippen molar-refractivity contribution in [3.8, 4) is 0 Å². The second-order valence-electron chi connectivity index (χ2n) is 6.35. The van der Waals surface area contributed by atoms with Gasteiger partial charge in [0.15, 0.2) is 0 Å². The summed E-state index contributed by atoms with van der Waals surface area (Å²) in [6, 6.07) is 1.71. The van der Waals surface area contributed by atoms with E-state index in [1.165, 1.54) is 58.3 Å². The van der Waals surface area contributed by atoms with Crippen LogP contribution in [0.1, 0.15) is 38.5 Å². The van der Waals surface area contributed by atoms with E-state index in [9.17, 15) is 0 Å². The molecule has 2 atom stereocenters. The van der Waals surface area contributed by atoms with Crippen LogP contribution < -0.4 is 5.73 Å². The van der Waals surface area contributed by atoms with Crippen molar-refractivity contribution in [2.45, 2.75) is 56.7 Å². The summed E-state index contributed by atoms with van der Waals surface area (Å²) in [5, 5.41) is 0. The molecule has 0 amide bonds. The number of piperidine rings is 1. The Morgan fingerprint density at radius 3 is 2.37 bits per heavy atom. The molecule has 2 unspecified atom stereocenters. The number of nitrogens with zero attached hydrogens (tertiary/aromatic N) is 2. The number of hydrogen-bond donors (Lipinski definition) is 1. The maximum atomic E-state index is 5.90. The molecule has 110 valence electrons. The fraction of sp³-hybridized carbons (Fsp3) is 1.00. The summed E-state index contributed by atoms with van der Waals surface area (Å²) >= 11 is 0. The molecule has 0 saturated carbocycles. The molecule has 0 aromatic heterocycles. The molecule has 0 aromatic carbocycles. The zero-order valence-electron chi connectivity index (χ0n) is 12.1. The molecule has 3 aliphatic rings. The van der Waals surface area contributed by atoms with E-state index in [-0.39, 0.29) is 0 Å². The van der Waals surface area contributed by atoms with Gasteiger partial charge in [0.2, 0.25) is 0 Å². The first-order chi connectivity index (χ1) is 9.38. The fourth-order valence-electron chi connectivity index (χ4n) is 4.19. The first-order valence-electron chi connectivity index (χ1n) is 8.18. The molecule has 3 aliphatic heterocycles. The lowest BCUT2D eigenvalue weighted by molar-refractivity contribution is -0.00487. The maximum absolute atomic E-state index is 5.90. The van der Waals surface area contributed by atoms with Crippen LogP contribution >= 0.6 is 0 Å². The Bertz CT molecular complexity index is 279. The molecule has 3 rings (SSSR count). The Labute approximate surface area is 117 Å². The van der Waals surface area contributed by atoms with Crippen LogP contribution in [0.4, 0.5) is 0 Å². The average molecular weight is 267 g/mol. The normalized spacial score (nSPS) is 33.9. The zero-order chi connectivity index (χ0) is 13.1. The van der Waals surface area contributed by atoms with Crippen LogP contribution in [0.15, 0.2) is 0 Å². The number of hydrogen-bond acceptors (Lipinski definition) is 4. The molecular formula is C15H29N3O. The van der Waals surface area contributed by atoms with Gasteiger partial charge in [-0.15, -0.1) is 0 Å². The van der Waals surface area contributed by atoms with Crippen molar-refractivity contribution in [1.82, 2.24) is 9.80 Å². The van der Waals surface area contributed by atoms with Gasteiger partial charge in [-0.2, -0.15) is 0 Å². The molecule has 19 heavy (non-hydrogen) atoms. The molecule has 0 radical (unpaired) electrons. The van der Waals surface area contributed by atoms with E-state index in [0.29, 0.717) is 6.10 Å². The number of nitrogens with two attached hydrogens (primary N) is 1. The van der Waals surface area contributed by atoms with Gasteiger partial charge in [0, 0.05) is 38.3 Å². The standard InChI is InChI=1S/C15H29N3O/c16-7-2-12-19-13-4-9-18(10-5-13)15-6-11-17-8-1-3-14(15)17/h13-15H,1-12,16H2. The third-order valence-corrected chi connectivity index (χ3v) is 5.22. The summed E-state index contributed by atoms with van der Waals surface area (Å²) < 4.78 is 5.90. The van der Waals surface area contributed by atoms with Crippen LogP contribution in [0.2, 0.25) is 0 Å². The molecule has 4 nitrogen and oxygen atoms in total. The molecule has 3 fully saturated rings. The summed E-state index contributed by atoms with van der Waals surface area (Å²) in [4.78, 5) is 5.47. The average Bonchev–Trinajstić information content (AvgIpc) is 3.02. The Balaban J connectivity index is 1.42. The summed E-state index contributed by atoms with van der Waals surface area (Å²) in [7, 11) is 0. The second kappa shape index (κ2) is 6.53. The van der Waals surface area contributed by atoms with Crippen molar-refractivity contribution in [2.75, 3.05) is 39.3 Å². The van der Waals surface area contributed by atoms with Crippen molar-refractivity contribution in [2.24, 2.45) is 5.73 Å². The predicted octanol–water partition coefficient (Wildman–Crippen LogP) is 1.05. The molecule has 3 saturated heterocycles. The van der Waals surface area contributed by atoms with E-state index in [0.717, 1.165) is 31.7 Å². The van der Waals surface area contributed by atoms with Crippen LogP contribution in [-0.2, 0) is 4.74 Å². The third-order valence-electron chi connectivity index (χ3n) is 5.22. The van der Waals surface area contributed by atoms with Gasteiger partial charge >= 0.3 is 0 Å². The largest absolute Gasteiger partial charge is 0.378 e. The lowest BCUT2D eigenvalue weighted by atomic mass is 10.00. The maximum Gasteiger partial charge on any atom is 0.0599 e. The molecule has 2 N–H and O–H groups in total. The summed E-state index contributed by atoms with van der Waals surface area (Å²) in [5.74, 6) is 0. The Kier molecular flexibility index (Phi) is 4.74. The van der Waals surface area contributed by atoms with Gasteiger partial charge in [-0.1, -0.05) is 0 Å². The van der Waals surface area contributed by atoms with Crippen LogP contribution in [0.25, 0.3) is 0 Å². The smallest absolute Gasteiger partial charge is 0.0599 e. The van der Waals surface area contributed by atoms with Gasteiger partial charge in [-0.3, -0.25) is 9.80 Å². The van der Waals surface area contributed by atoms with Crippen LogP contribution in [-0.4, -0.2) is 67.3 Å². The summed E-state index contributed by atoms with van der Waals surface area (Å²) in [6.45, 7) is 6.76. The molecule has 0 bridgehead atoms. The Hall–Kier alpha value is -0.160. The van der Waals surface area contributed by atoms with Crippen molar-refractivity contribution in [3.05, 3.63) is 0 Å². The van der Waals surface area contributed by atoms with E-state index < -0.39 is 0 Å². The SMILES string of the molecule is NCCCOC1CCN(C2CCN3CCCC23)CC1. The van der Waals surface area contributed by atoms with E-state index >= 15 is 0 Å². The van der Waals surface area contributed by atoms with Crippen LogP contribution in [0.3, 0.4) is 0 Å². The highest BCUT2D eigenvalue weighted by atomic mass is 16.5. The first kappa shape index (κ1) is 13.8.